The van der Waals surface area contributed by atoms with Crippen molar-refractivity contribution in [2.24, 2.45) is 9.65 Å². The Morgan fingerprint density at radius 2 is 0.867 bits per heavy atom. The monoisotopic (exact) mass is 678 g/mol. The molecular formula is C38H54N2Si5. The van der Waals surface area contributed by atoms with Gasteiger partial charge in [0.2, 0.25) is 8.24 Å². The van der Waals surface area contributed by atoms with Gasteiger partial charge >= 0.3 is 0 Å². The molecule has 1 saturated heterocycles. The molecule has 236 valence electrons. The van der Waals surface area contributed by atoms with E-state index in [-0.39, 0.29) is 8.57 Å². The second-order valence-electron chi connectivity index (χ2n) is 18.0. The Kier molecular flexibility index (Phi) is 7.58. The Bertz CT molecular complexity index is 1780. The summed E-state index contributed by atoms with van der Waals surface area (Å²) in [4.78, 5) is 6.03. The van der Waals surface area contributed by atoms with Crippen molar-refractivity contribution in [3.8, 4) is 0 Å². The Labute approximate surface area is 277 Å². The number of nitrogens with zero attached hydrogens (tertiary/aromatic N) is 2. The molecule has 2 heterocycles. The lowest BCUT2D eigenvalue weighted by Crippen LogP contribution is -2.78. The second kappa shape index (κ2) is 10.4. The minimum atomic E-state index is -2.81. The van der Waals surface area contributed by atoms with Crippen molar-refractivity contribution in [2.45, 2.75) is 100.0 Å². The molecule has 0 N–H and O–H groups in total. The van der Waals surface area contributed by atoms with E-state index in [4.69, 9.17) is 9.65 Å². The Balaban J connectivity index is 1.89. The molecule has 2 aliphatic rings. The molecule has 0 saturated carbocycles. The predicted molar refractivity (Wildman–Crippen MR) is 215 cm³/mol. The number of fused-ring (bicyclic) bond motifs is 2. The van der Waals surface area contributed by atoms with Crippen LogP contribution in [0.15, 0.2) is 94.6 Å². The van der Waals surface area contributed by atoms with Crippen molar-refractivity contribution < 1.29 is 0 Å². The zero-order chi connectivity index (χ0) is 32.8. The fourth-order valence-electron chi connectivity index (χ4n) is 11.3. The van der Waals surface area contributed by atoms with Crippen molar-refractivity contribution in [3.63, 3.8) is 0 Å². The number of amidine groups is 1. The van der Waals surface area contributed by atoms with Gasteiger partial charge in [0.1, 0.15) is 5.84 Å². The molecule has 0 amide bonds. The predicted octanol–water partition coefficient (Wildman–Crippen LogP) is 11.5. The lowest BCUT2D eigenvalue weighted by Gasteiger charge is -2.64. The smallest absolute Gasteiger partial charge is 0.236 e. The molecule has 4 aromatic carbocycles. The van der Waals surface area contributed by atoms with E-state index in [1.807, 2.05) is 0 Å². The molecule has 45 heavy (non-hydrogen) atoms. The first kappa shape index (κ1) is 32.8. The maximum atomic E-state index is 6.57. The van der Waals surface area contributed by atoms with E-state index < -0.39 is 40.5 Å². The van der Waals surface area contributed by atoms with Gasteiger partial charge in [-0.25, -0.2) is 4.99 Å². The number of hydrogen-bond donors (Lipinski definition) is 0. The number of hydrogen-bond acceptors (Lipinski definition) is 2. The van der Waals surface area contributed by atoms with Gasteiger partial charge < -0.3 is 0 Å². The fourth-order valence-corrected chi connectivity index (χ4v) is 60.6. The fraction of sp³-hybridized carbons (Fsp3) is 0.421. The highest BCUT2D eigenvalue weighted by molar-refractivity contribution is 7.37. The van der Waals surface area contributed by atoms with E-state index in [2.05, 4.69) is 163 Å². The van der Waals surface area contributed by atoms with Crippen LogP contribution in [0.5, 0.6) is 0 Å². The summed E-state index contributed by atoms with van der Waals surface area (Å²) in [5.74, 6) is 1.03. The highest BCUT2D eigenvalue weighted by Crippen LogP contribution is 2.77. The van der Waals surface area contributed by atoms with Gasteiger partial charge in [0.15, 0.2) is 0 Å². The molecule has 0 radical (unpaired) electrons. The zero-order valence-corrected chi connectivity index (χ0v) is 34.9. The first-order chi connectivity index (χ1) is 20.8. The van der Waals surface area contributed by atoms with Crippen LogP contribution < -0.4 is 0 Å². The van der Waals surface area contributed by atoms with Gasteiger partial charge in [0.25, 0.3) is 0 Å². The SMILES string of the molecule is C[Si](C)(C)C1([Si](C)(C)C)CCC([Si](C)(C)C)([Si](C)(C)C)[Si]12N=C(c1cccc3ccccc13)N=C2c1cccc2ccccc12. The maximum Gasteiger partial charge on any atom is 0.236 e. The summed E-state index contributed by atoms with van der Waals surface area (Å²) in [5, 5.41) is 6.66. The third kappa shape index (κ3) is 4.33. The Morgan fingerprint density at radius 1 is 0.489 bits per heavy atom. The molecule has 0 unspecified atom stereocenters. The van der Waals surface area contributed by atoms with Gasteiger partial charge in [-0.3, -0.25) is 4.66 Å². The molecule has 0 bridgehead atoms. The van der Waals surface area contributed by atoms with Crippen LogP contribution in [0.25, 0.3) is 21.5 Å². The number of benzene rings is 4. The van der Waals surface area contributed by atoms with Crippen LogP contribution >= 0.6 is 0 Å². The molecule has 0 atom stereocenters. The molecule has 2 nitrogen and oxygen atoms in total. The van der Waals surface area contributed by atoms with Crippen LogP contribution in [-0.4, -0.2) is 51.7 Å². The van der Waals surface area contributed by atoms with E-state index >= 15 is 0 Å². The zero-order valence-electron chi connectivity index (χ0n) is 29.9. The summed E-state index contributed by atoms with van der Waals surface area (Å²) < 4.78 is 7.11. The van der Waals surface area contributed by atoms with Gasteiger partial charge in [-0.15, -0.1) is 0 Å². The number of rotatable bonds is 6. The summed E-state index contributed by atoms with van der Waals surface area (Å²) in [6.45, 7) is 32.6. The van der Waals surface area contributed by atoms with Crippen LogP contribution in [-0.2, 0) is 0 Å². The Hall–Kier alpha value is -2.18. The summed E-state index contributed by atoms with van der Waals surface area (Å²) in [5.41, 5.74) is 2.60. The van der Waals surface area contributed by atoms with Crippen LogP contribution in [0.1, 0.15) is 24.0 Å². The molecule has 0 aliphatic carbocycles. The molecule has 0 aromatic heterocycles. The van der Waals surface area contributed by atoms with Gasteiger partial charge in [0.05, 0.1) is 5.33 Å². The summed E-state index contributed by atoms with van der Waals surface area (Å²) >= 11 is 0. The Morgan fingerprint density at radius 3 is 1.31 bits per heavy atom. The van der Waals surface area contributed by atoms with E-state index in [9.17, 15) is 0 Å². The van der Waals surface area contributed by atoms with E-state index in [0.29, 0.717) is 0 Å². The highest BCUT2D eigenvalue weighted by Gasteiger charge is 2.84. The largest absolute Gasteiger partial charge is 0.297 e. The van der Waals surface area contributed by atoms with Crippen molar-refractivity contribution in [1.82, 2.24) is 0 Å². The lowest BCUT2D eigenvalue weighted by atomic mass is 10.0. The van der Waals surface area contributed by atoms with E-state index in [1.165, 1.54) is 50.8 Å². The van der Waals surface area contributed by atoms with Crippen molar-refractivity contribution in [3.05, 3.63) is 96.1 Å². The van der Waals surface area contributed by atoms with Gasteiger partial charge in [-0.05, 0) is 30.1 Å². The minimum absolute atomic E-state index is 0.273. The maximum absolute atomic E-state index is 6.57. The molecule has 4 aromatic rings. The van der Waals surface area contributed by atoms with Gasteiger partial charge in [-0.1, -0.05) is 176 Å². The average Bonchev–Trinajstić information content (AvgIpc) is 3.50. The average molecular weight is 679 g/mol. The van der Waals surface area contributed by atoms with Crippen LogP contribution in [0.4, 0.5) is 0 Å². The van der Waals surface area contributed by atoms with Crippen molar-refractivity contribution in [2.75, 3.05) is 0 Å². The minimum Gasteiger partial charge on any atom is -0.297 e. The molecule has 6 rings (SSSR count). The standard InChI is InChI=1S/C38H54N2Si5/c1-41(2,3)37(42(4,5)6)27-28-38(43(7,8)9,44(10,11)12)45(37)36(34-26-18-22-30-20-14-16-24-32(30)34)39-35(40-45)33-25-17-21-29-19-13-15-23-31(29)33/h13-26H,27-28H2,1-12H3. The van der Waals surface area contributed by atoms with Crippen molar-refractivity contribution in [1.29, 1.82) is 0 Å². The normalized spacial score (nSPS) is 19.7. The first-order valence-corrected chi connectivity index (χ1v) is 32.9. The highest BCUT2D eigenvalue weighted by atomic mass is 28.5. The molecule has 1 spiro atoms. The topological polar surface area (TPSA) is 24.7 Å². The molecular weight excluding hydrogens is 625 g/mol. The number of aliphatic imine (C=N–C) groups is 1. The first-order valence-electron chi connectivity index (χ1n) is 17.0. The molecule has 2 aliphatic heterocycles. The van der Waals surface area contributed by atoms with Crippen molar-refractivity contribution >= 4 is 73.2 Å². The quantitative estimate of drug-likeness (QED) is 0.181. The lowest BCUT2D eigenvalue weighted by molar-refractivity contribution is 0.763. The second-order valence-corrected chi connectivity index (χ2v) is 46.2. The molecule has 7 heteroatoms. The van der Waals surface area contributed by atoms with Gasteiger partial charge in [-0.2, -0.15) is 0 Å². The summed E-state index contributed by atoms with van der Waals surface area (Å²) in [7, 11) is -10.2. The summed E-state index contributed by atoms with van der Waals surface area (Å²) in [6, 6.07) is 31.7. The van der Waals surface area contributed by atoms with Crippen LogP contribution in [0, 0.1) is 0 Å². The molecule has 1 fully saturated rings. The third-order valence-electron chi connectivity index (χ3n) is 12.1. The van der Waals surface area contributed by atoms with Crippen LogP contribution in [0.2, 0.25) is 87.1 Å². The van der Waals surface area contributed by atoms with E-state index in [0.717, 1.165) is 5.84 Å². The van der Waals surface area contributed by atoms with Gasteiger partial charge in [0, 0.05) is 43.4 Å². The third-order valence-corrected chi connectivity index (χ3v) is 50.3. The van der Waals surface area contributed by atoms with E-state index in [1.54, 1.807) is 0 Å². The summed E-state index contributed by atoms with van der Waals surface area (Å²) in [6.07, 6.45) is 2.69. The van der Waals surface area contributed by atoms with Crippen LogP contribution in [0.3, 0.4) is 0 Å².